The van der Waals surface area contributed by atoms with Crippen molar-refractivity contribution in [3.8, 4) is 28.1 Å². The molecule has 122 valence electrons. The SMILES string of the molecule is CN(C)C(=O)c1nc2c(s1)CCOc1cc(-c3cn[nH]c3)ccc1-2. The fourth-order valence-electron chi connectivity index (χ4n) is 2.69. The van der Waals surface area contributed by atoms with Crippen LogP contribution in [-0.2, 0) is 6.42 Å². The molecule has 0 atom stereocenters. The van der Waals surface area contributed by atoms with Crippen molar-refractivity contribution in [1.82, 2.24) is 20.1 Å². The summed E-state index contributed by atoms with van der Waals surface area (Å²) in [7, 11) is 3.48. The first-order valence-corrected chi connectivity index (χ1v) is 8.43. The van der Waals surface area contributed by atoms with Gasteiger partial charge in [-0.2, -0.15) is 5.10 Å². The topological polar surface area (TPSA) is 71.1 Å². The van der Waals surface area contributed by atoms with Gasteiger partial charge in [0.05, 0.1) is 18.5 Å². The monoisotopic (exact) mass is 340 g/mol. The lowest BCUT2D eigenvalue weighted by Crippen LogP contribution is -2.21. The lowest BCUT2D eigenvalue weighted by Gasteiger charge is -2.09. The molecule has 4 rings (SSSR count). The van der Waals surface area contributed by atoms with Crippen LogP contribution < -0.4 is 4.74 Å². The lowest BCUT2D eigenvalue weighted by molar-refractivity contribution is 0.0827. The Hall–Kier alpha value is -2.67. The Morgan fingerprint density at radius 2 is 2.21 bits per heavy atom. The average Bonchev–Trinajstić information content (AvgIpc) is 3.21. The van der Waals surface area contributed by atoms with E-state index in [-0.39, 0.29) is 5.91 Å². The maximum Gasteiger partial charge on any atom is 0.282 e. The second kappa shape index (κ2) is 5.76. The molecule has 0 saturated carbocycles. The number of nitrogens with zero attached hydrogens (tertiary/aromatic N) is 3. The number of rotatable bonds is 2. The number of nitrogens with one attached hydrogen (secondary N) is 1. The summed E-state index contributed by atoms with van der Waals surface area (Å²) in [4.78, 5) is 19.4. The summed E-state index contributed by atoms with van der Waals surface area (Å²) < 4.78 is 5.92. The highest BCUT2D eigenvalue weighted by molar-refractivity contribution is 7.14. The van der Waals surface area contributed by atoms with Crippen LogP contribution in [-0.4, -0.2) is 46.7 Å². The Morgan fingerprint density at radius 3 is 2.96 bits per heavy atom. The number of hydrogen-bond donors (Lipinski definition) is 1. The number of ether oxygens (including phenoxy) is 1. The van der Waals surface area contributed by atoms with E-state index in [2.05, 4.69) is 15.2 Å². The molecule has 6 nitrogen and oxygen atoms in total. The molecule has 2 aromatic heterocycles. The van der Waals surface area contributed by atoms with Gasteiger partial charge in [0.25, 0.3) is 5.91 Å². The summed E-state index contributed by atoms with van der Waals surface area (Å²) in [5.74, 6) is 0.729. The van der Waals surface area contributed by atoms with Crippen molar-refractivity contribution in [3.63, 3.8) is 0 Å². The molecule has 1 aliphatic heterocycles. The third-order valence-corrected chi connectivity index (χ3v) is 5.04. The minimum absolute atomic E-state index is 0.0643. The van der Waals surface area contributed by atoms with Crippen LogP contribution in [0.2, 0.25) is 0 Å². The summed E-state index contributed by atoms with van der Waals surface area (Å²) in [6.07, 6.45) is 4.38. The Labute approximate surface area is 143 Å². The number of aromatic nitrogens is 3. The molecule has 1 amide bonds. The Balaban J connectivity index is 1.79. The number of hydrogen-bond acceptors (Lipinski definition) is 5. The molecule has 3 aromatic rings. The van der Waals surface area contributed by atoms with Crippen LogP contribution in [0.15, 0.2) is 30.6 Å². The van der Waals surface area contributed by atoms with Crippen molar-refractivity contribution in [2.75, 3.05) is 20.7 Å². The Bertz CT molecular complexity index is 899. The highest BCUT2D eigenvalue weighted by Crippen LogP contribution is 2.39. The van der Waals surface area contributed by atoms with Gasteiger partial charge in [-0.1, -0.05) is 6.07 Å². The first-order valence-electron chi connectivity index (χ1n) is 7.61. The standard InChI is InChI=1S/C17H16N4O2S/c1-21(2)17(22)16-20-15-12-4-3-10(11-8-18-19-9-11)7-13(12)23-6-5-14(15)24-16/h3-4,7-9H,5-6H2,1-2H3,(H,18,19). The van der Waals surface area contributed by atoms with Gasteiger partial charge in [0.15, 0.2) is 5.01 Å². The molecular formula is C17H16N4O2S. The maximum absolute atomic E-state index is 12.2. The summed E-state index contributed by atoms with van der Waals surface area (Å²) in [5.41, 5.74) is 3.83. The highest BCUT2D eigenvalue weighted by atomic mass is 32.1. The van der Waals surface area contributed by atoms with Crippen molar-refractivity contribution in [3.05, 3.63) is 40.5 Å². The Kier molecular flexibility index (Phi) is 3.57. The quantitative estimate of drug-likeness (QED) is 0.779. The van der Waals surface area contributed by atoms with E-state index in [4.69, 9.17) is 4.74 Å². The van der Waals surface area contributed by atoms with Crippen LogP contribution in [0.1, 0.15) is 14.7 Å². The van der Waals surface area contributed by atoms with E-state index in [1.807, 2.05) is 24.4 Å². The van der Waals surface area contributed by atoms with Gasteiger partial charge >= 0.3 is 0 Å². The van der Waals surface area contributed by atoms with Crippen LogP contribution in [0.4, 0.5) is 0 Å². The number of H-pyrrole nitrogens is 1. The summed E-state index contributed by atoms with van der Waals surface area (Å²) in [6.45, 7) is 0.576. The van der Waals surface area contributed by atoms with Crippen LogP contribution in [0, 0.1) is 0 Å². The van der Waals surface area contributed by atoms with E-state index in [9.17, 15) is 4.79 Å². The molecule has 3 heterocycles. The normalized spacial score (nSPS) is 12.8. The number of amides is 1. The molecule has 0 fully saturated rings. The molecule has 0 bridgehead atoms. The summed E-state index contributed by atoms with van der Waals surface area (Å²) >= 11 is 1.45. The van der Waals surface area contributed by atoms with E-state index < -0.39 is 0 Å². The largest absolute Gasteiger partial charge is 0.492 e. The molecule has 7 heteroatoms. The van der Waals surface area contributed by atoms with E-state index in [0.29, 0.717) is 11.6 Å². The molecule has 0 radical (unpaired) electrons. The summed E-state index contributed by atoms with van der Waals surface area (Å²) in [5, 5.41) is 7.33. The molecular weight excluding hydrogens is 324 g/mol. The van der Waals surface area contributed by atoms with Crippen molar-refractivity contribution >= 4 is 17.2 Å². The van der Waals surface area contributed by atoms with Crippen molar-refractivity contribution in [2.45, 2.75) is 6.42 Å². The number of benzene rings is 1. The van der Waals surface area contributed by atoms with Gasteiger partial charge in [-0.15, -0.1) is 11.3 Å². The minimum Gasteiger partial charge on any atom is -0.492 e. The minimum atomic E-state index is -0.0643. The molecule has 0 aliphatic carbocycles. The predicted octanol–water partition coefficient (Wildman–Crippen LogP) is 2.84. The van der Waals surface area contributed by atoms with Gasteiger partial charge < -0.3 is 9.64 Å². The number of aromatic amines is 1. The number of carbonyl (C=O) groups is 1. The van der Waals surface area contributed by atoms with Gasteiger partial charge in [0.1, 0.15) is 5.75 Å². The fourth-order valence-corrected chi connectivity index (χ4v) is 3.77. The zero-order valence-corrected chi connectivity index (χ0v) is 14.2. The van der Waals surface area contributed by atoms with E-state index >= 15 is 0 Å². The maximum atomic E-state index is 12.2. The smallest absolute Gasteiger partial charge is 0.282 e. The fraction of sp³-hybridized carbons (Fsp3) is 0.235. The van der Waals surface area contributed by atoms with Gasteiger partial charge in [0.2, 0.25) is 0 Å². The third kappa shape index (κ3) is 2.46. The van der Waals surface area contributed by atoms with Crippen LogP contribution in [0.3, 0.4) is 0 Å². The number of thiazole rings is 1. The zero-order valence-electron chi connectivity index (χ0n) is 13.4. The first-order chi connectivity index (χ1) is 11.6. The van der Waals surface area contributed by atoms with Crippen LogP contribution >= 0.6 is 11.3 Å². The molecule has 0 saturated heterocycles. The third-order valence-electron chi connectivity index (χ3n) is 3.94. The van der Waals surface area contributed by atoms with Gasteiger partial charge in [0, 0.05) is 42.7 Å². The Morgan fingerprint density at radius 1 is 1.33 bits per heavy atom. The molecule has 24 heavy (non-hydrogen) atoms. The number of fused-ring (bicyclic) bond motifs is 3. The highest BCUT2D eigenvalue weighted by Gasteiger charge is 2.23. The van der Waals surface area contributed by atoms with Gasteiger partial charge in [-0.05, 0) is 17.7 Å². The predicted molar refractivity (Wildman–Crippen MR) is 92.3 cm³/mol. The molecule has 0 spiro atoms. The zero-order chi connectivity index (χ0) is 16.7. The average molecular weight is 340 g/mol. The van der Waals surface area contributed by atoms with Gasteiger partial charge in [-0.25, -0.2) is 4.98 Å². The molecule has 0 unspecified atom stereocenters. The van der Waals surface area contributed by atoms with Crippen molar-refractivity contribution in [2.24, 2.45) is 0 Å². The molecule has 1 aromatic carbocycles. The van der Waals surface area contributed by atoms with Gasteiger partial charge in [-0.3, -0.25) is 9.89 Å². The summed E-state index contributed by atoms with van der Waals surface area (Å²) in [6, 6.07) is 6.03. The van der Waals surface area contributed by atoms with Crippen molar-refractivity contribution in [1.29, 1.82) is 0 Å². The second-order valence-electron chi connectivity index (χ2n) is 5.79. The van der Waals surface area contributed by atoms with Crippen LogP contribution in [0.25, 0.3) is 22.4 Å². The lowest BCUT2D eigenvalue weighted by atomic mass is 10.0. The second-order valence-corrected chi connectivity index (χ2v) is 6.87. The van der Waals surface area contributed by atoms with E-state index in [1.165, 1.54) is 11.3 Å². The molecule has 1 N–H and O–H groups in total. The van der Waals surface area contributed by atoms with E-state index in [0.717, 1.165) is 39.4 Å². The van der Waals surface area contributed by atoms with Crippen molar-refractivity contribution < 1.29 is 9.53 Å². The first kappa shape index (κ1) is 14.9. The number of carbonyl (C=O) groups excluding carboxylic acids is 1. The van der Waals surface area contributed by atoms with Crippen LogP contribution in [0.5, 0.6) is 5.75 Å². The van der Waals surface area contributed by atoms with E-state index in [1.54, 1.807) is 25.2 Å². The molecule has 1 aliphatic rings.